The van der Waals surface area contributed by atoms with Gasteiger partial charge in [0.25, 0.3) is 5.91 Å². The quantitative estimate of drug-likeness (QED) is 0.812. The van der Waals surface area contributed by atoms with Crippen LogP contribution < -0.4 is 10.6 Å². The highest BCUT2D eigenvalue weighted by Gasteiger charge is 2.30. The molecule has 2 N–H and O–H groups in total. The van der Waals surface area contributed by atoms with E-state index >= 15 is 0 Å². The first kappa shape index (κ1) is 18.4. The molecule has 1 aliphatic carbocycles. The van der Waals surface area contributed by atoms with E-state index in [-0.39, 0.29) is 30.1 Å². The van der Waals surface area contributed by atoms with E-state index in [1.807, 2.05) is 25.1 Å². The summed E-state index contributed by atoms with van der Waals surface area (Å²) in [6, 6.07) is 7.79. The molecule has 2 fully saturated rings. The Morgan fingerprint density at radius 3 is 2.42 bits per heavy atom. The van der Waals surface area contributed by atoms with Crippen molar-refractivity contribution in [3.63, 3.8) is 0 Å². The Balaban J connectivity index is 1.37. The number of nitrogens with zero attached hydrogens (tertiary/aromatic N) is 1. The van der Waals surface area contributed by atoms with Gasteiger partial charge in [-0.1, -0.05) is 18.2 Å². The van der Waals surface area contributed by atoms with Gasteiger partial charge in [0.2, 0.25) is 11.8 Å². The summed E-state index contributed by atoms with van der Waals surface area (Å²) in [6.45, 7) is 3.46. The maximum absolute atomic E-state index is 12.3. The first-order valence-corrected chi connectivity index (χ1v) is 9.46. The molecule has 1 saturated heterocycles. The van der Waals surface area contributed by atoms with E-state index in [1.54, 1.807) is 11.0 Å². The van der Waals surface area contributed by atoms with Crippen LogP contribution in [-0.2, 0) is 9.59 Å². The molecule has 3 rings (SSSR count). The highest BCUT2D eigenvalue weighted by molar-refractivity contribution is 5.95. The lowest BCUT2D eigenvalue weighted by Gasteiger charge is -2.31. The molecular weight excluding hydrogens is 330 g/mol. The first-order valence-electron chi connectivity index (χ1n) is 9.46. The molecule has 1 aliphatic heterocycles. The fraction of sp³-hybridized carbons (Fsp3) is 0.550. The highest BCUT2D eigenvalue weighted by Crippen LogP contribution is 2.22. The molecule has 6 nitrogen and oxygen atoms in total. The van der Waals surface area contributed by atoms with E-state index in [2.05, 4.69) is 10.6 Å². The lowest BCUT2D eigenvalue weighted by atomic mass is 9.95. The van der Waals surface area contributed by atoms with Gasteiger partial charge in [0.15, 0.2) is 0 Å². The predicted molar refractivity (Wildman–Crippen MR) is 98.6 cm³/mol. The minimum absolute atomic E-state index is 0.0282. The van der Waals surface area contributed by atoms with Crippen molar-refractivity contribution in [3.05, 3.63) is 35.4 Å². The van der Waals surface area contributed by atoms with Crippen molar-refractivity contribution in [1.29, 1.82) is 0 Å². The van der Waals surface area contributed by atoms with Crippen LogP contribution in [-0.4, -0.2) is 48.3 Å². The highest BCUT2D eigenvalue weighted by atomic mass is 16.2. The second-order valence-electron chi connectivity index (χ2n) is 7.26. The van der Waals surface area contributed by atoms with Crippen molar-refractivity contribution < 1.29 is 14.4 Å². The molecule has 0 radical (unpaired) electrons. The maximum Gasteiger partial charge on any atom is 0.251 e. The molecule has 0 atom stereocenters. The molecule has 3 amide bonds. The fourth-order valence-corrected chi connectivity index (χ4v) is 3.30. The van der Waals surface area contributed by atoms with Gasteiger partial charge in [-0.3, -0.25) is 14.4 Å². The van der Waals surface area contributed by atoms with Gasteiger partial charge in [-0.2, -0.15) is 0 Å². The number of likely N-dealkylation sites (tertiary alicyclic amines) is 1. The molecule has 0 unspecified atom stereocenters. The summed E-state index contributed by atoms with van der Waals surface area (Å²) in [4.78, 5) is 38.4. The van der Waals surface area contributed by atoms with Crippen molar-refractivity contribution in [2.45, 2.75) is 45.1 Å². The number of piperidine rings is 1. The van der Waals surface area contributed by atoms with Crippen LogP contribution in [0.2, 0.25) is 0 Å². The Labute approximate surface area is 154 Å². The van der Waals surface area contributed by atoms with E-state index in [0.29, 0.717) is 31.2 Å². The third kappa shape index (κ3) is 4.84. The lowest BCUT2D eigenvalue weighted by Crippen LogP contribution is -2.44. The molecule has 2 aliphatic rings. The topological polar surface area (TPSA) is 78.5 Å². The van der Waals surface area contributed by atoms with Gasteiger partial charge >= 0.3 is 0 Å². The summed E-state index contributed by atoms with van der Waals surface area (Å²) < 4.78 is 0. The third-order valence-electron chi connectivity index (χ3n) is 5.16. The molecule has 0 aromatic heterocycles. The lowest BCUT2D eigenvalue weighted by molar-refractivity contribution is -0.135. The molecule has 1 saturated carbocycles. The summed E-state index contributed by atoms with van der Waals surface area (Å²) in [6.07, 6.45) is 3.92. The smallest absolute Gasteiger partial charge is 0.251 e. The fourth-order valence-electron chi connectivity index (χ4n) is 3.30. The largest absolute Gasteiger partial charge is 0.353 e. The van der Waals surface area contributed by atoms with Crippen LogP contribution in [0, 0.1) is 12.8 Å². The van der Waals surface area contributed by atoms with Crippen molar-refractivity contribution in [2.75, 3.05) is 19.6 Å². The van der Waals surface area contributed by atoms with Crippen LogP contribution in [0.25, 0.3) is 0 Å². The van der Waals surface area contributed by atoms with Crippen LogP contribution in [0.4, 0.5) is 0 Å². The number of benzene rings is 1. The Hall–Kier alpha value is -2.37. The van der Waals surface area contributed by atoms with E-state index in [9.17, 15) is 14.4 Å². The number of aryl methyl sites for hydroxylation is 1. The van der Waals surface area contributed by atoms with Gasteiger partial charge in [0.1, 0.15) is 0 Å². The number of carbonyl (C=O) groups excluding carboxylic acids is 3. The SMILES string of the molecule is Cc1ccccc1C(=O)NCCC(=O)N1CCC(C(=O)NC2CC2)CC1. The summed E-state index contributed by atoms with van der Waals surface area (Å²) in [7, 11) is 0. The second-order valence-corrected chi connectivity index (χ2v) is 7.26. The molecule has 26 heavy (non-hydrogen) atoms. The molecule has 6 heteroatoms. The number of hydrogen-bond donors (Lipinski definition) is 2. The van der Waals surface area contributed by atoms with Gasteiger partial charge in [-0.05, 0) is 44.2 Å². The number of amides is 3. The molecule has 1 aromatic carbocycles. The summed E-state index contributed by atoms with van der Waals surface area (Å²) in [5.41, 5.74) is 1.56. The van der Waals surface area contributed by atoms with Crippen molar-refractivity contribution in [1.82, 2.24) is 15.5 Å². The zero-order valence-corrected chi connectivity index (χ0v) is 15.3. The Kier molecular flexibility index (Phi) is 5.91. The van der Waals surface area contributed by atoms with E-state index in [1.165, 1.54) is 0 Å². The Bertz CT molecular complexity index is 677. The number of carbonyl (C=O) groups is 3. The van der Waals surface area contributed by atoms with Gasteiger partial charge in [-0.25, -0.2) is 0 Å². The molecular formula is C20H27N3O3. The minimum Gasteiger partial charge on any atom is -0.353 e. The normalized spacial score (nSPS) is 17.7. The average Bonchev–Trinajstić information content (AvgIpc) is 3.46. The number of hydrogen-bond acceptors (Lipinski definition) is 3. The maximum atomic E-state index is 12.3. The first-order chi connectivity index (χ1) is 12.5. The van der Waals surface area contributed by atoms with Crippen LogP contribution in [0.15, 0.2) is 24.3 Å². The number of rotatable bonds is 6. The second kappa shape index (κ2) is 8.34. The van der Waals surface area contributed by atoms with Crippen LogP contribution >= 0.6 is 0 Å². The van der Waals surface area contributed by atoms with E-state index in [4.69, 9.17) is 0 Å². The van der Waals surface area contributed by atoms with Crippen LogP contribution in [0.5, 0.6) is 0 Å². The third-order valence-corrected chi connectivity index (χ3v) is 5.16. The van der Waals surface area contributed by atoms with E-state index in [0.717, 1.165) is 31.2 Å². The van der Waals surface area contributed by atoms with Crippen molar-refractivity contribution >= 4 is 17.7 Å². The van der Waals surface area contributed by atoms with Gasteiger partial charge in [-0.15, -0.1) is 0 Å². The van der Waals surface area contributed by atoms with E-state index < -0.39 is 0 Å². The van der Waals surface area contributed by atoms with Crippen molar-refractivity contribution in [2.24, 2.45) is 5.92 Å². The summed E-state index contributed by atoms with van der Waals surface area (Å²) in [5.74, 6) is 0.0630. The monoisotopic (exact) mass is 357 g/mol. The van der Waals surface area contributed by atoms with Crippen LogP contribution in [0.1, 0.15) is 48.0 Å². The average molecular weight is 357 g/mol. The molecule has 1 heterocycles. The van der Waals surface area contributed by atoms with Gasteiger partial charge < -0.3 is 15.5 Å². The zero-order valence-electron chi connectivity index (χ0n) is 15.3. The van der Waals surface area contributed by atoms with Crippen molar-refractivity contribution in [3.8, 4) is 0 Å². The molecule has 0 spiro atoms. The predicted octanol–water partition coefficient (Wildman–Crippen LogP) is 1.63. The summed E-state index contributed by atoms with van der Waals surface area (Å²) in [5, 5.41) is 5.86. The molecule has 1 aromatic rings. The molecule has 0 bridgehead atoms. The number of nitrogens with one attached hydrogen (secondary N) is 2. The standard InChI is InChI=1S/C20H27N3O3/c1-14-4-2-3-5-17(14)20(26)21-11-8-18(24)23-12-9-15(10-13-23)19(25)22-16-6-7-16/h2-5,15-16H,6-13H2,1H3,(H,21,26)(H,22,25). The van der Waals surface area contributed by atoms with Gasteiger partial charge in [0, 0.05) is 43.6 Å². The van der Waals surface area contributed by atoms with Crippen LogP contribution in [0.3, 0.4) is 0 Å². The van der Waals surface area contributed by atoms with Gasteiger partial charge in [0.05, 0.1) is 0 Å². The zero-order chi connectivity index (χ0) is 18.5. The summed E-state index contributed by atoms with van der Waals surface area (Å²) >= 11 is 0. The molecule has 140 valence electrons. The Morgan fingerprint density at radius 1 is 1.08 bits per heavy atom. The Morgan fingerprint density at radius 2 is 1.77 bits per heavy atom. The minimum atomic E-state index is -0.147.